The minimum Gasteiger partial charge on any atom is -0.346 e. The van der Waals surface area contributed by atoms with Crippen LogP contribution in [0.1, 0.15) is 35.0 Å². The number of benzene rings is 1. The van der Waals surface area contributed by atoms with Gasteiger partial charge in [0.1, 0.15) is 5.82 Å². The Hall–Kier alpha value is -2.28. The molecule has 0 spiro atoms. The lowest BCUT2D eigenvalue weighted by Gasteiger charge is -2.23. The summed E-state index contributed by atoms with van der Waals surface area (Å²) < 4.78 is 36.9. The van der Waals surface area contributed by atoms with Crippen LogP contribution in [-0.4, -0.2) is 36.4 Å². The zero-order chi connectivity index (χ0) is 18.1. The highest BCUT2D eigenvalue weighted by Crippen LogP contribution is 2.23. The van der Waals surface area contributed by atoms with E-state index in [-0.39, 0.29) is 23.2 Å². The molecule has 2 aromatic rings. The van der Waals surface area contributed by atoms with Gasteiger partial charge >= 0.3 is 0 Å². The highest BCUT2D eigenvalue weighted by molar-refractivity contribution is 7.91. The number of carbonyl (C=O) groups excluding carboxylic acids is 1. The number of hydrogen-bond acceptors (Lipinski definition) is 4. The smallest absolute Gasteiger partial charge is 0.253 e. The number of nitrogens with one attached hydrogen (secondary N) is 1. The van der Waals surface area contributed by atoms with Crippen molar-refractivity contribution < 1.29 is 17.6 Å². The summed E-state index contributed by atoms with van der Waals surface area (Å²) in [6.07, 6.45) is 2.17. The Bertz CT molecular complexity index is 897. The van der Waals surface area contributed by atoms with Crippen LogP contribution in [0.25, 0.3) is 0 Å². The maximum atomic E-state index is 13.7. The molecule has 1 N–H and O–H groups in total. The molecule has 1 aliphatic heterocycles. The molecule has 1 unspecified atom stereocenters. The number of hydrogen-bond donors (Lipinski definition) is 1. The second-order valence-electron chi connectivity index (χ2n) is 6.66. The van der Waals surface area contributed by atoms with E-state index in [1.54, 1.807) is 37.3 Å². The van der Waals surface area contributed by atoms with Crippen molar-refractivity contribution in [3.05, 3.63) is 65.2 Å². The Morgan fingerprint density at radius 3 is 2.64 bits per heavy atom. The van der Waals surface area contributed by atoms with Crippen molar-refractivity contribution in [1.29, 1.82) is 0 Å². The average molecular weight is 362 g/mol. The summed E-state index contributed by atoms with van der Waals surface area (Å²) in [5.41, 5.74) is 0.789. The standard InChI is InChI=1S/C18H19FN2O3S/c1-18(8-9-25(23,24)12-18)21-17(22)14-6-7-15(20-11-14)10-13-4-2-3-5-16(13)19/h2-7,11H,8-10,12H2,1H3,(H,21,22). The molecule has 1 saturated heterocycles. The van der Waals surface area contributed by atoms with Crippen molar-refractivity contribution in [1.82, 2.24) is 10.3 Å². The van der Waals surface area contributed by atoms with E-state index in [0.717, 1.165) is 0 Å². The highest BCUT2D eigenvalue weighted by atomic mass is 32.2. The molecule has 3 rings (SSSR count). The van der Waals surface area contributed by atoms with Gasteiger partial charge in [0.2, 0.25) is 0 Å². The summed E-state index contributed by atoms with van der Waals surface area (Å²) in [6.45, 7) is 1.73. The first-order chi connectivity index (χ1) is 11.8. The van der Waals surface area contributed by atoms with Crippen LogP contribution in [-0.2, 0) is 16.3 Å². The van der Waals surface area contributed by atoms with Gasteiger partial charge in [-0.25, -0.2) is 12.8 Å². The van der Waals surface area contributed by atoms with Crippen molar-refractivity contribution in [2.45, 2.75) is 25.3 Å². The van der Waals surface area contributed by atoms with Crippen LogP contribution in [0.4, 0.5) is 4.39 Å². The van der Waals surface area contributed by atoms with E-state index in [9.17, 15) is 17.6 Å². The second-order valence-corrected chi connectivity index (χ2v) is 8.85. The molecule has 5 nitrogen and oxygen atoms in total. The quantitative estimate of drug-likeness (QED) is 0.904. The Morgan fingerprint density at radius 2 is 2.04 bits per heavy atom. The summed E-state index contributed by atoms with van der Waals surface area (Å²) in [7, 11) is -3.09. The van der Waals surface area contributed by atoms with Crippen molar-refractivity contribution in [3.63, 3.8) is 0 Å². The third-order valence-corrected chi connectivity index (χ3v) is 6.24. The molecule has 0 bridgehead atoms. The van der Waals surface area contributed by atoms with E-state index in [1.807, 2.05) is 0 Å². The highest BCUT2D eigenvalue weighted by Gasteiger charge is 2.39. The molecular weight excluding hydrogens is 343 g/mol. The minimum absolute atomic E-state index is 0.0511. The molecule has 1 amide bonds. The van der Waals surface area contributed by atoms with Crippen LogP contribution in [0.3, 0.4) is 0 Å². The van der Waals surface area contributed by atoms with Crippen molar-refractivity contribution >= 4 is 15.7 Å². The first-order valence-corrected chi connectivity index (χ1v) is 9.80. The van der Waals surface area contributed by atoms with Crippen LogP contribution in [0.2, 0.25) is 0 Å². The molecule has 1 aromatic heterocycles. The van der Waals surface area contributed by atoms with E-state index >= 15 is 0 Å². The molecule has 0 radical (unpaired) electrons. The maximum Gasteiger partial charge on any atom is 0.253 e. The Labute approximate surface area is 146 Å². The van der Waals surface area contributed by atoms with Gasteiger partial charge in [0.15, 0.2) is 9.84 Å². The van der Waals surface area contributed by atoms with Gasteiger partial charge in [0.25, 0.3) is 5.91 Å². The average Bonchev–Trinajstić information content (AvgIpc) is 2.83. The summed E-state index contributed by atoms with van der Waals surface area (Å²) >= 11 is 0. The number of aromatic nitrogens is 1. The maximum absolute atomic E-state index is 13.7. The molecule has 1 atom stereocenters. The normalized spacial score (nSPS) is 21.8. The molecule has 1 aliphatic rings. The number of rotatable bonds is 4. The molecule has 25 heavy (non-hydrogen) atoms. The lowest BCUT2D eigenvalue weighted by atomic mass is 10.0. The number of sulfone groups is 1. The number of nitrogens with zero attached hydrogens (tertiary/aromatic N) is 1. The van der Waals surface area contributed by atoms with Crippen LogP contribution >= 0.6 is 0 Å². The number of carbonyl (C=O) groups is 1. The fourth-order valence-electron chi connectivity index (χ4n) is 2.96. The van der Waals surface area contributed by atoms with E-state index in [0.29, 0.717) is 29.7 Å². The van der Waals surface area contributed by atoms with Crippen LogP contribution in [0, 0.1) is 5.82 Å². The fraction of sp³-hybridized carbons (Fsp3) is 0.333. The Balaban J connectivity index is 1.68. The summed E-state index contributed by atoms with van der Waals surface area (Å²) in [4.78, 5) is 16.6. The van der Waals surface area contributed by atoms with Crippen molar-refractivity contribution in [3.8, 4) is 0 Å². The van der Waals surface area contributed by atoms with Crippen LogP contribution < -0.4 is 5.32 Å². The summed E-state index contributed by atoms with van der Waals surface area (Å²) in [6, 6.07) is 9.77. The predicted molar refractivity (Wildman–Crippen MR) is 92.6 cm³/mol. The first-order valence-electron chi connectivity index (χ1n) is 7.98. The molecule has 1 aromatic carbocycles. The lowest BCUT2D eigenvalue weighted by Crippen LogP contribution is -2.46. The minimum atomic E-state index is -3.09. The van der Waals surface area contributed by atoms with Gasteiger partial charge in [-0.15, -0.1) is 0 Å². The molecule has 2 heterocycles. The van der Waals surface area contributed by atoms with E-state index in [2.05, 4.69) is 10.3 Å². The summed E-state index contributed by atoms with van der Waals surface area (Å²) in [5, 5.41) is 2.79. The molecular formula is C18H19FN2O3S. The van der Waals surface area contributed by atoms with E-state index < -0.39 is 15.4 Å². The number of amides is 1. The largest absolute Gasteiger partial charge is 0.346 e. The molecule has 0 saturated carbocycles. The van der Waals surface area contributed by atoms with Gasteiger partial charge in [0, 0.05) is 18.3 Å². The third-order valence-electron chi connectivity index (χ3n) is 4.33. The van der Waals surface area contributed by atoms with Crippen molar-refractivity contribution in [2.24, 2.45) is 0 Å². The molecule has 1 fully saturated rings. The monoisotopic (exact) mass is 362 g/mol. The zero-order valence-corrected chi connectivity index (χ0v) is 14.6. The topological polar surface area (TPSA) is 76.1 Å². The van der Waals surface area contributed by atoms with Gasteiger partial charge in [-0.3, -0.25) is 9.78 Å². The summed E-state index contributed by atoms with van der Waals surface area (Å²) in [5.74, 6) is -0.611. The van der Waals surface area contributed by atoms with Gasteiger partial charge in [-0.05, 0) is 37.1 Å². The molecule has 132 valence electrons. The van der Waals surface area contributed by atoms with Gasteiger partial charge in [-0.1, -0.05) is 18.2 Å². The number of halogens is 1. The number of pyridine rings is 1. The first kappa shape index (κ1) is 17.5. The zero-order valence-electron chi connectivity index (χ0n) is 13.8. The molecule has 0 aliphatic carbocycles. The Kier molecular flexibility index (Phi) is 4.60. The fourth-order valence-corrected chi connectivity index (χ4v) is 5.05. The molecule has 7 heteroatoms. The SMILES string of the molecule is CC1(NC(=O)c2ccc(Cc3ccccc3F)nc2)CCS(=O)(=O)C1. The van der Waals surface area contributed by atoms with Crippen molar-refractivity contribution in [2.75, 3.05) is 11.5 Å². The lowest BCUT2D eigenvalue weighted by molar-refractivity contribution is 0.0915. The van der Waals surface area contributed by atoms with E-state index in [1.165, 1.54) is 12.3 Å². The van der Waals surface area contributed by atoms with Crippen LogP contribution in [0.15, 0.2) is 42.6 Å². The van der Waals surface area contributed by atoms with E-state index in [4.69, 9.17) is 0 Å². The second kappa shape index (κ2) is 6.55. The third kappa shape index (κ3) is 4.22. The van der Waals surface area contributed by atoms with Gasteiger partial charge in [0.05, 0.1) is 22.6 Å². The van der Waals surface area contributed by atoms with Gasteiger partial charge < -0.3 is 5.32 Å². The predicted octanol–water partition coefficient (Wildman–Crippen LogP) is 2.12. The Morgan fingerprint density at radius 1 is 1.28 bits per heavy atom. The van der Waals surface area contributed by atoms with Gasteiger partial charge in [-0.2, -0.15) is 0 Å². The van der Waals surface area contributed by atoms with Crippen LogP contribution in [0.5, 0.6) is 0 Å².